The predicted molar refractivity (Wildman–Crippen MR) is 104 cm³/mol. The molecule has 6 nitrogen and oxygen atoms in total. The van der Waals surface area contributed by atoms with Crippen molar-refractivity contribution in [3.8, 4) is 0 Å². The number of hydrazone groups is 2. The molecule has 0 saturated heterocycles. The highest BCUT2D eigenvalue weighted by atomic mass is 35.5. The van der Waals surface area contributed by atoms with E-state index >= 15 is 0 Å². The van der Waals surface area contributed by atoms with Gasteiger partial charge in [-0.2, -0.15) is 15.2 Å². The number of nitrogens with two attached hydrogens (primary N) is 1. The van der Waals surface area contributed by atoms with Gasteiger partial charge in [-0.05, 0) is 30.4 Å². The SMILES string of the molecule is NC(=S)N1N=C(c2ccccc2)/C(=N\Nc2cc(Cl)ccc2Cl)C1=O. The Morgan fingerprint density at radius 1 is 1.20 bits per heavy atom. The van der Waals surface area contributed by atoms with E-state index in [4.69, 9.17) is 41.2 Å². The Bertz CT molecular complexity index is 914. The second-order valence-electron chi connectivity index (χ2n) is 4.97. The van der Waals surface area contributed by atoms with E-state index in [1.807, 2.05) is 18.2 Å². The molecule has 1 aliphatic heterocycles. The lowest BCUT2D eigenvalue weighted by Gasteiger charge is -2.07. The largest absolute Gasteiger partial charge is 0.374 e. The van der Waals surface area contributed by atoms with Crippen molar-refractivity contribution in [2.75, 3.05) is 5.43 Å². The third kappa shape index (κ3) is 3.63. The number of hydrogen-bond acceptors (Lipinski definition) is 5. The molecule has 2 aromatic carbocycles. The Morgan fingerprint density at radius 3 is 2.60 bits per heavy atom. The summed E-state index contributed by atoms with van der Waals surface area (Å²) in [7, 11) is 0. The van der Waals surface area contributed by atoms with Crippen molar-refractivity contribution >= 4 is 63.6 Å². The van der Waals surface area contributed by atoms with Crippen LogP contribution in [0.4, 0.5) is 5.69 Å². The van der Waals surface area contributed by atoms with Gasteiger partial charge in [-0.15, -0.1) is 0 Å². The van der Waals surface area contributed by atoms with Gasteiger partial charge in [0.15, 0.2) is 10.8 Å². The predicted octanol–water partition coefficient (Wildman–Crippen LogP) is 3.25. The molecule has 3 rings (SSSR count). The number of rotatable bonds is 3. The molecule has 2 aromatic rings. The number of amides is 1. The fourth-order valence-electron chi connectivity index (χ4n) is 2.13. The van der Waals surface area contributed by atoms with Gasteiger partial charge >= 0.3 is 5.91 Å². The summed E-state index contributed by atoms with van der Waals surface area (Å²) in [6.07, 6.45) is 0. The van der Waals surface area contributed by atoms with Crippen LogP contribution >= 0.6 is 35.4 Å². The zero-order valence-electron chi connectivity index (χ0n) is 12.6. The van der Waals surface area contributed by atoms with E-state index in [1.54, 1.807) is 30.3 Å². The van der Waals surface area contributed by atoms with Crippen LogP contribution < -0.4 is 11.2 Å². The van der Waals surface area contributed by atoms with Crippen molar-refractivity contribution in [2.24, 2.45) is 15.9 Å². The molecule has 0 unspecified atom stereocenters. The molecule has 1 heterocycles. The molecule has 0 aromatic heterocycles. The first-order chi connectivity index (χ1) is 12.0. The number of anilines is 1. The van der Waals surface area contributed by atoms with Crippen LogP contribution in [0.1, 0.15) is 5.56 Å². The highest BCUT2D eigenvalue weighted by molar-refractivity contribution is 7.80. The van der Waals surface area contributed by atoms with Crippen molar-refractivity contribution in [1.29, 1.82) is 0 Å². The number of carbonyl (C=O) groups excluding carboxylic acids is 1. The minimum Gasteiger partial charge on any atom is -0.374 e. The fourth-order valence-corrected chi connectivity index (χ4v) is 2.59. The summed E-state index contributed by atoms with van der Waals surface area (Å²) in [6.45, 7) is 0. The topological polar surface area (TPSA) is 83.1 Å². The van der Waals surface area contributed by atoms with Crippen LogP contribution in [0.15, 0.2) is 58.7 Å². The highest BCUT2D eigenvalue weighted by Crippen LogP contribution is 2.25. The molecule has 126 valence electrons. The van der Waals surface area contributed by atoms with E-state index in [9.17, 15) is 4.79 Å². The lowest BCUT2D eigenvalue weighted by molar-refractivity contribution is -0.119. The quantitative estimate of drug-likeness (QED) is 0.621. The Morgan fingerprint density at radius 2 is 1.92 bits per heavy atom. The maximum Gasteiger partial charge on any atom is 0.303 e. The number of nitrogens with one attached hydrogen (secondary N) is 1. The maximum atomic E-state index is 12.5. The summed E-state index contributed by atoms with van der Waals surface area (Å²) in [5.41, 5.74) is 9.87. The van der Waals surface area contributed by atoms with Crippen molar-refractivity contribution in [1.82, 2.24) is 5.01 Å². The molecule has 0 saturated carbocycles. The first-order valence-corrected chi connectivity index (χ1v) is 8.21. The van der Waals surface area contributed by atoms with Gasteiger partial charge in [-0.25, -0.2) is 0 Å². The smallest absolute Gasteiger partial charge is 0.303 e. The number of carbonyl (C=O) groups is 1. The van der Waals surface area contributed by atoms with Crippen molar-refractivity contribution in [3.63, 3.8) is 0 Å². The molecular formula is C16H11Cl2N5OS. The van der Waals surface area contributed by atoms with Crippen molar-refractivity contribution in [3.05, 3.63) is 64.1 Å². The van der Waals surface area contributed by atoms with Gasteiger partial charge in [0.1, 0.15) is 5.71 Å². The average Bonchev–Trinajstić information content (AvgIpc) is 2.93. The van der Waals surface area contributed by atoms with Crippen molar-refractivity contribution < 1.29 is 4.79 Å². The van der Waals surface area contributed by atoms with Crippen LogP contribution in [0, 0.1) is 0 Å². The van der Waals surface area contributed by atoms with Crippen LogP contribution in [-0.2, 0) is 4.79 Å². The molecular weight excluding hydrogens is 381 g/mol. The van der Waals surface area contributed by atoms with Gasteiger partial charge in [0.25, 0.3) is 0 Å². The summed E-state index contributed by atoms with van der Waals surface area (Å²) >= 11 is 16.9. The molecule has 1 aliphatic rings. The highest BCUT2D eigenvalue weighted by Gasteiger charge is 2.34. The van der Waals surface area contributed by atoms with E-state index in [1.165, 1.54) is 0 Å². The van der Waals surface area contributed by atoms with E-state index in [0.717, 1.165) is 5.01 Å². The van der Waals surface area contributed by atoms with Crippen LogP contribution in [0.3, 0.4) is 0 Å². The number of hydrogen-bond donors (Lipinski definition) is 2. The summed E-state index contributed by atoms with van der Waals surface area (Å²) < 4.78 is 0. The number of nitrogens with zero attached hydrogens (tertiary/aromatic N) is 3. The number of benzene rings is 2. The number of thiocarbonyl (C=S) groups is 1. The third-order valence-corrected chi connectivity index (χ3v) is 4.03. The molecule has 0 bridgehead atoms. The molecule has 3 N–H and O–H groups in total. The first-order valence-electron chi connectivity index (χ1n) is 7.04. The second-order valence-corrected chi connectivity index (χ2v) is 6.23. The van der Waals surface area contributed by atoms with Crippen LogP contribution in [0.5, 0.6) is 0 Å². The Balaban J connectivity index is 2.00. The Kier molecular flexibility index (Phi) is 4.98. The maximum absolute atomic E-state index is 12.5. The van der Waals surface area contributed by atoms with Gasteiger partial charge < -0.3 is 5.73 Å². The normalized spacial score (nSPS) is 15.4. The van der Waals surface area contributed by atoms with Crippen LogP contribution in [-0.4, -0.2) is 27.5 Å². The minimum absolute atomic E-state index is 0.0649. The molecule has 0 fully saturated rings. The zero-order chi connectivity index (χ0) is 18.0. The van der Waals surface area contributed by atoms with Gasteiger partial charge in [0.05, 0.1) is 10.7 Å². The first kappa shape index (κ1) is 17.3. The minimum atomic E-state index is -0.531. The zero-order valence-corrected chi connectivity index (χ0v) is 14.9. The summed E-state index contributed by atoms with van der Waals surface area (Å²) in [4.78, 5) is 12.5. The lowest BCUT2D eigenvalue weighted by atomic mass is 10.1. The number of halogens is 2. The Labute approximate surface area is 158 Å². The van der Waals surface area contributed by atoms with Crippen LogP contribution in [0.2, 0.25) is 10.0 Å². The molecule has 9 heteroatoms. The van der Waals surface area contributed by atoms with Gasteiger partial charge in [0.2, 0.25) is 0 Å². The molecule has 0 radical (unpaired) electrons. The molecule has 0 aliphatic carbocycles. The molecule has 25 heavy (non-hydrogen) atoms. The van der Waals surface area contributed by atoms with Crippen LogP contribution in [0.25, 0.3) is 0 Å². The monoisotopic (exact) mass is 391 g/mol. The second kappa shape index (κ2) is 7.18. The standard InChI is InChI=1S/C16H11Cl2N5OS/c17-10-6-7-11(18)12(8-10)20-21-14-13(9-4-2-1-3-5-9)22-23(15(14)24)16(19)25/h1-8,20H,(H2,19,25)/b21-14+. The van der Waals surface area contributed by atoms with Gasteiger partial charge in [-0.3, -0.25) is 10.2 Å². The third-order valence-electron chi connectivity index (χ3n) is 3.29. The fraction of sp³-hybridized carbons (Fsp3) is 0. The summed E-state index contributed by atoms with van der Waals surface area (Å²) in [5.74, 6) is -0.531. The molecule has 0 spiro atoms. The Hall–Kier alpha value is -2.48. The van der Waals surface area contributed by atoms with E-state index in [0.29, 0.717) is 27.0 Å². The average molecular weight is 392 g/mol. The summed E-state index contributed by atoms with van der Waals surface area (Å²) in [5, 5.41) is 9.98. The van der Waals surface area contributed by atoms with E-state index in [-0.39, 0.29) is 10.8 Å². The molecule has 0 atom stereocenters. The van der Waals surface area contributed by atoms with Gasteiger partial charge in [-0.1, -0.05) is 53.5 Å². The van der Waals surface area contributed by atoms with Gasteiger partial charge in [0, 0.05) is 10.6 Å². The lowest BCUT2D eigenvalue weighted by Crippen LogP contribution is -2.36. The van der Waals surface area contributed by atoms with Crippen molar-refractivity contribution in [2.45, 2.75) is 0 Å². The molecule has 1 amide bonds. The van der Waals surface area contributed by atoms with E-state index in [2.05, 4.69) is 15.6 Å². The summed E-state index contributed by atoms with van der Waals surface area (Å²) in [6, 6.07) is 14.0. The van der Waals surface area contributed by atoms with E-state index < -0.39 is 5.91 Å².